The molecule has 0 bridgehead atoms. The molecule has 3 aromatic rings. The molecule has 0 fully saturated rings. The van der Waals surface area contributed by atoms with Crippen LogP contribution in [0.4, 0.5) is 0 Å². The van der Waals surface area contributed by atoms with Gasteiger partial charge in [-0.1, -0.05) is 18.2 Å². The highest BCUT2D eigenvalue weighted by atomic mass is 16.3. The van der Waals surface area contributed by atoms with Crippen molar-refractivity contribution in [1.29, 1.82) is 0 Å². The van der Waals surface area contributed by atoms with Crippen LogP contribution < -0.4 is 5.32 Å². The van der Waals surface area contributed by atoms with Crippen molar-refractivity contribution in [3.63, 3.8) is 0 Å². The zero-order valence-electron chi connectivity index (χ0n) is 29.9. The first-order valence-electron chi connectivity index (χ1n) is 15.8. The minimum Gasteiger partial charge on any atom is -0.507 e. The molecule has 248 valence electrons. The summed E-state index contributed by atoms with van der Waals surface area (Å²) in [5, 5.41) is 26.1. The van der Waals surface area contributed by atoms with Gasteiger partial charge in [-0.05, 0) is 137 Å². The van der Waals surface area contributed by atoms with E-state index in [1.165, 1.54) is 16.7 Å². The van der Waals surface area contributed by atoms with Crippen molar-refractivity contribution in [1.82, 2.24) is 29.8 Å². The number of benzene rings is 3. The Hall–Kier alpha value is -2.98. The van der Waals surface area contributed by atoms with Crippen molar-refractivity contribution < 1.29 is 10.2 Å². The predicted octanol–water partition coefficient (Wildman–Crippen LogP) is 4.48. The van der Waals surface area contributed by atoms with Crippen LogP contribution in [0.25, 0.3) is 0 Å². The molecule has 0 aliphatic rings. The van der Waals surface area contributed by atoms with Crippen LogP contribution in [0, 0.1) is 0 Å². The Bertz CT molecular complexity index is 1370. The van der Waals surface area contributed by atoms with Crippen molar-refractivity contribution in [3.8, 4) is 11.5 Å². The molecule has 3 N–H and O–H groups in total. The van der Waals surface area contributed by atoms with Crippen molar-refractivity contribution >= 4 is 0 Å². The monoisotopic (exact) mass is 618 g/mol. The highest BCUT2D eigenvalue weighted by Gasteiger charge is 2.35. The molecule has 0 radical (unpaired) electrons. The first kappa shape index (κ1) is 36.5. The second kappa shape index (κ2) is 15.5. The lowest BCUT2D eigenvalue weighted by molar-refractivity contribution is 0.367. The zero-order valence-corrected chi connectivity index (χ0v) is 29.9. The van der Waals surface area contributed by atoms with Crippen LogP contribution >= 0.6 is 0 Å². The Kier molecular flexibility index (Phi) is 12.6. The van der Waals surface area contributed by atoms with E-state index >= 15 is 0 Å². The summed E-state index contributed by atoms with van der Waals surface area (Å²) < 4.78 is 0. The number of phenols is 2. The maximum Gasteiger partial charge on any atom is 0.124 e. The number of hydrogen-bond donors (Lipinski definition) is 3. The van der Waals surface area contributed by atoms with E-state index in [0.29, 0.717) is 37.7 Å². The lowest BCUT2D eigenvalue weighted by atomic mass is 9.69. The first-order valence-corrected chi connectivity index (χ1v) is 15.8. The number of phenolic OH excluding ortho intramolecular Hbond substituents is 2. The molecule has 3 aromatic carbocycles. The highest BCUT2D eigenvalue weighted by molar-refractivity contribution is 5.58. The maximum absolute atomic E-state index is 11.5. The second-order valence-corrected chi connectivity index (χ2v) is 14.2. The van der Waals surface area contributed by atoms with Gasteiger partial charge < -0.3 is 40.0 Å². The number of nitrogens with one attached hydrogen (secondary N) is 1. The van der Waals surface area contributed by atoms with Gasteiger partial charge in [0, 0.05) is 66.9 Å². The summed E-state index contributed by atoms with van der Waals surface area (Å²) in [5.74, 6) is 0.694. The molecule has 3 rings (SSSR count). The molecule has 0 amide bonds. The van der Waals surface area contributed by atoms with Gasteiger partial charge in [-0.25, -0.2) is 0 Å². The Morgan fingerprint density at radius 2 is 0.800 bits per heavy atom. The van der Waals surface area contributed by atoms with E-state index in [-0.39, 0.29) is 0 Å². The number of rotatable bonds is 15. The van der Waals surface area contributed by atoms with Crippen LogP contribution in [0.15, 0.2) is 42.5 Å². The largest absolute Gasteiger partial charge is 0.507 e. The lowest BCUT2D eigenvalue weighted by Gasteiger charge is -2.35. The average molecular weight is 619 g/mol. The molecule has 0 aromatic heterocycles. The molecule has 0 aliphatic heterocycles. The zero-order chi connectivity index (χ0) is 33.6. The first-order chi connectivity index (χ1) is 21.0. The summed E-state index contributed by atoms with van der Waals surface area (Å²) in [6.07, 6.45) is 0. The van der Waals surface area contributed by atoms with E-state index in [2.05, 4.69) is 107 Å². The molecular formula is C37H58N6O2. The van der Waals surface area contributed by atoms with Gasteiger partial charge in [-0.2, -0.15) is 0 Å². The standard InChI is InChI=1S/C37H58N6O2/c1-37(32-14-26(21-39(3)4)13-27(15-32)22-40(5)6,33-16-28(20-38-2)35(44)29(17-33)23-41(7)8)34-18-30(24-42(9)10)36(45)31(19-34)25-43(11)12/h13-19,38,44-45H,20-25H2,1-12H3. The Balaban J connectivity index is 2.52. The Morgan fingerprint density at radius 3 is 1.13 bits per heavy atom. The third kappa shape index (κ3) is 9.28. The summed E-state index contributed by atoms with van der Waals surface area (Å²) in [6, 6.07) is 15.7. The van der Waals surface area contributed by atoms with Gasteiger partial charge in [0.1, 0.15) is 11.5 Å². The summed E-state index contributed by atoms with van der Waals surface area (Å²) in [7, 11) is 22.5. The van der Waals surface area contributed by atoms with E-state index in [0.717, 1.165) is 46.5 Å². The second-order valence-electron chi connectivity index (χ2n) is 14.2. The molecule has 8 heteroatoms. The lowest BCUT2D eigenvalue weighted by Crippen LogP contribution is -2.28. The van der Waals surface area contributed by atoms with Gasteiger partial charge in [0.05, 0.1) is 0 Å². The molecule has 0 saturated heterocycles. The van der Waals surface area contributed by atoms with Crippen LogP contribution in [0.1, 0.15) is 57.0 Å². The predicted molar refractivity (Wildman–Crippen MR) is 188 cm³/mol. The van der Waals surface area contributed by atoms with Gasteiger partial charge in [0.15, 0.2) is 0 Å². The van der Waals surface area contributed by atoms with E-state index in [4.69, 9.17) is 0 Å². The number of hydrogen-bond acceptors (Lipinski definition) is 8. The van der Waals surface area contributed by atoms with Gasteiger partial charge in [0.25, 0.3) is 0 Å². The van der Waals surface area contributed by atoms with Crippen LogP contribution in [0.5, 0.6) is 11.5 Å². The SMILES string of the molecule is CNCc1cc(C(C)(c2cc(CN(C)C)cc(CN(C)C)c2)c2cc(CN(C)C)c(O)c(CN(C)C)c2)cc(CN(C)C)c1O. The Labute approximate surface area is 272 Å². The highest BCUT2D eigenvalue weighted by Crippen LogP contribution is 2.44. The van der Waals surface area contributed by atoms with Crippen LogP contribution in [-0.2, 0) is 44.7 Å². The number of nitrogens with zero attached hydrogens (tertiary/aromatic N) is 5. The topological polar surface area (TPSA) is 68.7 Å². The molecule has 0 heterocycles. The summed E-state index contributed by atoms with van der Waals surface area (Å²) in [6.45, 7) is 6.36. The average Bonchev–Trinajstić information content (AvgIpc) is 2.90. The van der Waals surface area contributed by atoms with Gasteiger partial charge in [-0.15, -0.1) is 0 Å². The fraction of sp³-hybridized carbons (Fsp3) is 0.514. The molecule has 45 heavy (non-hydrogen) atoms. The summed E-state index contributed by atoms with van der Waals surface area (Å²) >= 11 is 0. The normalized spacial score (nSPS) is 13.5. The molecule has 1 atom stereocenters. The molecule has 0 spiro atoms. The van der Waals surface area contributed by atoms with Crippen molar-refractivity contribution in [3.05, 3.63) is 92.5 Å². The van der Waals surface area contributed by atoms with Gasteiger partial charge in [-0.3, -0.25) is 0 Å². The molecule has 0 saturated carbocycles. The summed E-state index contributed by atoms with van der Waals surface area (Å²) in [5.41, 5.74) is 8.89. The van der Waals surface area contributed by atoms with E-state index in [9.17, 15) is 10.2 Å². The maximum atomic E-state index is 11.5. The van der Waals surface area contributed by atoms with Crippen LogP contribution in [-0.4, -0.2) is 112 Å². The minimum atomic E-state index is -0.601. The third-order valence-electron chi connectivity index (χ3n) is 8.14. The van der Waals surface area contributed by atoms with E-state index in [1.54, 1.807) is 0 Å². The smallest absolute Gasteiger partial charge is 0.124 e. The molecule has 1 unspecified atom stereocenters. The Morgan fingerprint density at radius 1 is 0.489 bits per heavy atom. The van der Waals surface area contributed by atoms with Gasteiger partial charge in [0.2, 0.25) is 0 Å². The van der Waals surface area contributed by atoms with Gasteiger partial charge >= 0.3 is 0 Å². The van der Waals surface area contributed by atoms with E-state index < -0.39 is 5.41 Å². The summed E-state index contributed by atoms with van der Waals surface area (Å²) in [4.78, 5) is 10.7. The quantitative estimate of drug-likeness (QED) is 0.216. The minimum absolute atomic E-state index is 0.339. The van der Waals surface area contributed by atoms with Crippen molar-refractivity contribution in [2.24, 2.45) is 0 Å². The molecule has 0 aliphatic carbocycles. The van der Waals surface area contributed by atoms with E-state index in [1.807, 2.05) is 49.3 Å². The van der Waals surface area contributed by atoms with Crippen molar-refractivity contribution in [2.75, 3.05) is 77.5 Å². The molecular weight excluding hydrogens is 560 g/mol. The fourth-order valence-electron chi connectivity index (χ4n) is 6.27. The fourth-order valence-corrected chi connectivity index (χ4v) is 6.27. The van der Waals surface area contributed by atoms with Crippen LogP contribution in [0.2, 0.25) is 0 Å². The third-order valence-corrected chi connectivity index (χ3v) is 8.14. The number of aromatic hydroxyl groups is 2. The molecule has 8 nitrogen and oxygen atoms in total. The van der Waals surface area contributed by atoms with Crippen LogP contribution in [0.3, 0.4) is 0 Å². The van der Waals surface area contributed by atoms with Crippen molar-refractivity contribution in [2.45, 2.75) is 51.6 Å².